The van der Waals surface area contributed by atoms with E-state index in [1.165, 1.54) is 32.1 Å². The van der Waals surface area contributed by atoms with Gasteiger partial charge in [0.05, 0.1) is 0 Å². The largest absolute Gasteiger partial charge is 0.459 e. The van der Waals surface area contributed by atoms with Crippen molar-refractivity contribution in [3.05, 3.63) is 0 Å². The normalized spacial score (nSPS) is 18.7. The maximum absolute atomic E-state index is 12.1. The highest BCUT2D eigenvalue weighted by atomic mass is 16.6. The minimum Gasteiger partial charge on any atom is -0.459 e. The van der Waals surface area contributed by atoms with E-state index in [2.05, 4.69) is 5.32 Å². The van der Waals surface area contributed by atoms with Gasteiger partial charge in [-0.05, 0) is 59.9 Å². The monoisotopic (exact) mass is 255 g/mol. The van der Waals surface area contributed by atoms with Crippen molar-refractivity contribution in [3.8, 4) is 0 Å². The van der Waals surface area contributed by atoms with Crippen LogP contribution >= 0.6 is 0 Å². The molecule has 0 aliphatic heterocycles. The first-order valence-corrected chi connectivity index (χ1v) is 7.19. The summed E-state index contributed by atoms with van der Waals surface area (Å²) < 4.78 is 5.44. The Morgan fingerprint density at radius 2 is 1.67 bits per heavy atom. The van der Waals surface area contributed by atoms with Crippen LogP contribution in [0.25, 0.3) is 0 Å². The third-order valence-electron chi connectivity index (χ3n) is 3.47. The average Bonchev–Trinajstić information content (AvgIpc) is 2.26. The zero-order chi connectivity index (χ0) is 13.8. The van der Waals surface area contributed by atoms with Crippen LogP contribution in [0.2, 0.25) is 0 Å². The quantitative estimate of drug-likeness (QED) is 0.783. The molecular weight excluding hydrogens is 226 g/mol. The van der Waals surface area contributed by atoms with Gasteiger partial charge in [0.1, 0.15) is 11.1 Å². The van der Waals surface area contributed by atoms with Crippen LogP contribution in [-0.4, -0.2) is 23.7 Å². The number of hydrogen-bond donors (Lipinski definition) is 1. The number of nitrogens with one attached hydrogen (secondary N) is 1. The van der Waals surface area contributed by atoms with Crippen LogP contribution < -0.4 is 5.32 Å². The summed E-state index contributed by atoms with van der Waals surface area (Å²) in [6.07, 6.45) is 6.61. The molecule has 0 aromatic heterocycles. The molecule has 1 rings (SSSR count). The molecule has 0 aromatic carbocycles. The zero-order valence-corrected chi connectivity index (χ0v) is 12.6. The third-order valence-corrected chi connectivity index (χ3v) is 3.47. The molecule has 1 saturated carbocycles. The van der Waals surface area contributed by atoms with Gasteiger partial charge in [-0.25, -0.2) is 0 Å². The Bertz CT molecular complexity index is 273. The Hall–Kier alpha value is -0.570. The van der Waals surface area contributed by atoms with E-state index in [-0.39, 0.29) is 5.97 Å². The molecule has 0 radical (unpaired) electrons. The predicted molar refractivity (Wildman–Crippen MR) is 74.5 cm³/mol. The number of rotatable bonds is 4. The van der Waals surface area contributed by atoms with Crippen molar-refractivity contribution >= 4 is 5.97 Å². The van der Waals surface area contributed by atoms with E-state index in [1.807, 2.05) is 34.6 Å². The molecule has 0 bridgehead atoms. The highest BCUT2D eigenvalue weighted by molar-refractivity contribution is 5.80. The van der Waals surface area contributed by atoms with Crippen molar-refractivity contribution in [3.63, 3.8) is 0 Å². The van der Waals surface area contributed by atoms with Gasteiger partial charge in [-0.3, -0.25) is 4.79 Å². The van der Waals surface area contributed by atoms with Crippen LogP contribution in [0.1, 0.15) is 66.7 Å². The molecular formula is C15H29NO2. The van der Waals surface area contributed by atoms with Crippen LogP contribution in [0.4, 0.5) is 0 Å². The van der Waals surface area contributed by atoms with Gasteiger partial charge in [0.2, 0.25) is 0 Å². The topological polar surface area (TPSA) is 38.3 Å². The van der Waals surface area contributed by atoms with Gasteiger partial charge in [-0.2, -0.15) is 0 Å². The van der Waals surface area contributed by atoms with Gasteiger partial charge >= 0.3 is 5.97 Å². The van der Waals surface area contributed by atoms with E-state index in [4.69, 9.17) is 4.74 Å². The fourth-order valence-electron chi connectivity index (χ4n) is 2.27. The fraction of sp³-hybridized carbons (Fsp3) is 0.933. The molecule has 0 spiro atoms. The van der Waals surface area contributed by atoms with E-state index in [9.17, 15) is 4.79 Å². The van der Waals surface area contributed by atoms with Crippen molar-refractivity contribution in [1.29, 1.82) is 0 Å². The maximum Gasteiger partial charge on any atom is 0.326 e. The fourth-order valence-corrected chi connectivity index (χ4v) is 2.27. The summed E-state index contributed by atoms with van der Waals surface area (Å²) in [5.41, 5.74) is -1.01. The van der Waals surface area contributed by atoms with Crippen molar-refractivity contribution in [2.75, 3.05) is 6.54 Å². The molecule has 0 amide bonds. The second-order valence-corrected chi connectivity index (χ2v) is 7.01. The highest BCUT2D eigenvalue weighted by Crippen LogP contribution is 2.23. The third kappa shape index (κ3) is 5.38. The molecule has 0 atom stereocenters. The molecule has 3 nitrogen and oxygen atoms in total. The van der Waals surface area contributed by atoms with Crippen LogP contribution in [0.5, 0.6) is 0 Å². The lowest BCUT2D eigenvalue weighted by atomic mass is 9.88. The first kappa shape index (κ1) is 15.5. The Morgan fingerprint density at radius 3 is 2.17 bits per heavy atom. The van der Waals surface area contributed by atoms with Crippen LogP contribution in [0.3, 0.4) is 0 Å². The van der Waals surface area contributed by atoms with E-state index in [1.54, 1.807) is 0 Å². The number of carbonyl (C=O) groups excluding carboxylic acids is 1. The van der Waals surface area contributed by atoms with Crippen LogP contribution in [0.15, 0.2) is 0 Å². The van der Waals surface area contributed by atoms with Crippen molar-refractivity contribution in [2.45, 2.75) is 77.9 Å². The number of hydrogen-bond acceptors (Lipinski definition) is 3. The molecule has 1 N–H and O–H groups in total. The van der Waals surface area contributed by atoms with Crippen molar-refractivity contribution < 1.29 is 9.53 Å². The lowest BCUT2D eigenvalue weighted by molar-refractivity contribution is -0.161. The second-order valence-electron chi connectivity index (χ2n) is 7.01. The zero-order valence-electron chi connectivity index (χ0n) is 12.6. The minimum atomic E-state index is -0.593. The van der Waals surface area contributed by atoms with Crippen molar-refractivity contribution in [1.82, 2.24) is 5.32 Å². The summed E-state index contributed by atoms with van der Waals surface area (Å²) in [7, 11) is 0. The Morgan fingerprint density at radius 1 is 1.11 bits per heavy atom. The molecule has 0 unspecified atom stereocenters. The lowest BCUT2D eigenvalue weighted by Crippen LogP contribution is -2.51. The number of esters is 1. The minimum absolute atomic E-state index is 0.161. The first-order chi connectivity index (χ1) is 8.21. The predicted octanol–water partition coefficient (Wildman–Crippen LogP) is 3.28. The standard InChI is InChI=1S/C15H29NO2/c1-14(2,3)18-13(17)15(4,5)16-11-12-9-7-6-8-10-12/h12,16H,6-11H2,1-5H3. The number of ether oxygens (including phenoxy) is 1. The van der Waals surface area contributed by atoms with Gasteiger partial charge in [-0.1, -0.05) is 19.3 Å². The van der Waals surface area contributed by atoms with E-state index in [0.29, 0.717) is 0 Å². The lowest BCUT2D eigenvalue weighted by Gasteiger charge is -2.31. The average molecular weight is 255 g/mol. The Kier molecular flexibility index (Phi) is 5.20. The molecule has 1 aliphatic rings. The molecule has 1 aliphatic carbocycles. The maximum atomic E-state index is 12.1. The first-order valence-electron chi connectivity index (χ1n) is 7.19. The molecule has 3 heteroatoms. The Labute approximate surface area is 112 Å². The summed E-state index contributed by atoms with van der Waals surface area (Å²) in [5.74, 6) is 0.561. The van der Waals surface area contributed by atoms with Crippen molar-refractivity contribution in [2.24, 2.45) is 5.92 Å². The molecule has 18 heavy (non-hydrogen) atoms. The molecule has 106 valence electrons. The van der Waals surface area contributed by atoms with E-state index >= 15 is 0 Å². The molecule has 0 saturated heterocycles. The summed E-state index contributed by atoms with van der Waals surface area (Å²) in [4.78, 5) is 12.1. The van der Waals surface area contributed by atoms with Gasteiger partial charge in [-0.15, -0.1) is 0 Å². The summed E-state index contributed by atoms with van der Waals surface area (Å²) in [6, 6.07) is 0. The molecule has 0 heterocycles. The summed E-state index contributed by atoms with van der Waals surface area (Å²) in [5, 5.41) is 3.38. The van der Waals surface area contributed by atoms with E-state index < -0.39 is 11.1 Å². The number of carbonyl (C=O) groups is 1. The molecule has 0 aromatic rings. The molecule has 1 fully saturated rings. The summed E-state index contributed by atoms with van der Waals surface area (Å²) in [6.45, 7) is 10.5. The second kappa shape index (κ2) is 6.05. The van der Waals surface area contributed by atoms with E-state index in [0.717, 1.165) is 12.5 Å². The Balaban J connectivity index is 2.40. The van der Waals surface area contributed by atoms with Crippen LogP contribution in [0, 0.1) is 5.92 Å². The van der Waals surface area contributed by atoms with Gasteiger partial charge in [0, 0.05) is 0 Å². The van der Waals surface area contributed by atoms with Gasteiger partial charge in [0.15, 0.2) is 0 Å². The van der Waals surface area contributed by atoms with Gasteiger partial charge in [0.25, 0.3) is 0 Å². The van der Waals surface area contributed by atoms with Crippen LogP contribution in [-0.2, 0) is 9.53 Å². The smallest absolute Gasteiger partial charge is 0.326 e. The highest BCUT2D eigenvalue weighted by Gasteiger charge is 2.32. The summed E-state index contributed by atoms with van der Waals surface area (Å²) >= 11 is 0. The SMILES string of the molecule is CC(C)(C)OC(=O)C(C)(C)NCC1CCCCC1. The van der Waals surface area contributed by atoms with Gasteiger partial charge < -0.3 is 10.1 Å².